The van der Waals surface area contributed by atoms with Gasteiger partial charge in [0, 0.05) is 5.41 Å². The van der Waals surface area contributed by atoms with Gasteiger partial charge in [-0.15, -0.1) is 0 Å². The van der Waals surface area contributed by atoms with Gasteiger partial charge in [-0.2, -0.15) is 0 Å². The van der Waals surface area contributed by atoms with Gasteiger partial charge >= 0.3 is 0 Å². The summed E-state index contributed by atoms with van der Waals surface area (Å²) < 4.78 is 0. The summed E-state index contributed by atoms with van der Waals surface area (Å²) in [5.74, 6) is 4.07. The van der Waals surface area contributed by atoms with Gasteiger partial charge < -0.3 is 5.11 Å². The van der Waals surface area contributed by atoms with Crippen molar-refractivity contribution in [3.05, 3.63) is 11.1 Å². The minimum atomic E-state index is -0.127. The summed E-state index contributed by atoms with van der Waals surface area (Å²) in [6.07, 6.45) is 14.4. The lowest BCUT2D eigenvalue weighted by Gasteiger charge is -2.60. The van der Waals surface area contributed by atoms with E-state index in [2.05, 4.69) is 48.5 Å². The van der Waals surface area contributed by atoms with Crippen LogP contribution in [0.5, 0.6) is 0 Å². The van der Waals surface area contributed by atoms with E-state index in [1.807, 2.05) is 5.57 Å². The van der Waals surface area contributed by atoms with E-state index in [0.717, 1.165) is 30.1 Å². The Morgan fingerprint density at radius 1 is 0.900 bits per heavy atom. The largest absolute Gasteiger partial charge is 0.392 e. The lowest BCUT2D eigenvalue weighted by atomic mass is 9.45. The molecule has 0 saturated heterocycles. The van der Waals surface area contributed by atoms with Crippen molar-refractivity contribution in [2.75, 3.05) is 0 Å². The van der Waals surface area contributed by atoms with Crippen molar-refractivity contribution in [1.82, 2.24) is 0 Å². The molecule has 2 fully saturated rings. The summed E-state index contributed by atoms with van der Waals surface area (Å²) in [7, 11) is 0. The van der Waals surface area contributed by atoms with E-state index in [-0.39, 0.29) is 11.5 Å². The number of hydrogen-bond donors (Lipinski definition) is 1. The smallest absolute Gasteiger partial charge is 0.0634 e. The molecule has 0 bridgehead atoms. The molecule has 0 spiro atoms. The molecule has 0 radical (unpaired) electrons. The van der Waals surface area contributed by atoms with E-state index in [1.165, 1.54) is 64.2 Å². The molecule has 1 nitrogen and oxygen atoms in total. The van der Waals surface area contributed by atoms with Crippen molar-refractivity contribution < 1.29 is 5.11 Å². The second-order valence-corrected chi connectivity index (χ2v) is 13.5. The lowest BCUT2D eigenvalue weighted by molar-refractivity contribution is -0.0924. The van der Waals surface area contributed by atoms with Crippen LogP contribution in [0.2, 0.25) is 0 Å². The normalized spacial score (nSPS) is 43.9. The van der Waals surface area contributed by atoms with Crippen molar-refractivity contribution in [3.8, 4) is 0 Å². The maximum Gasteiger partial charge on any atom is 0.0634 e. The first-order valence-electron chi connectivity index (χ1n) is 13.4. The predicted octanol–water partition coefficient (Wildman–Crippen LogP) is 8.17. The molecular weight excluding hydrogens is 364 g/mol. The predicted molar refractivity (Wildman–Crippen MR) is 128 cm³/mol. The second-order valence-electron chi connectivity index (χ2n) is 13.5. The van der Waals surface area contributed by atoms with Crippen molar-refractivity contribution in [3.63, 3.8) is 0 Å². The van der Waals surface area contributed by atoms with Crippen LogP contribution in [0, 0.1) is 45.8 Å². The molecule has 4 rings (SSSR count). The fraction of sp³-hybridized carbons (Fsp3) is 0.931. The van der Waals surface area contributed by atoms with E-state index in [0.29, 0.717) is 16.7 Å². The van der Waals surface area contributed by atoms with Crippen LogP contribution in [0.3, 0.4) is 0 Å². The Bertz CT molecular complexity index is 672. The van der Waals surface area contributed by atoms with Gasteiger partial charge in [-0.1, -0.05) is 78.9 Å². The number of hydrogen-bond acceptors (Lipinski definition) is 1. The molecular formula is C29H50O. The summed E-state index contributed by atoms with van der Waals surface area (Å²) in [5, 5.41) is 11.3. The van der Waals surface area contributed by atoms with Crippen LogP contribution < -0.4 is 0 Å². The molecule has 1 N–H and O–H groups in total. The molecule has 2 saturated carbocycles. The summed E-state index contributed by atoms with van der Waals surface area (Å²) in [6, 6.07) is 0. The van der Waals surface area contributed by atoms with Crippen LogP contribution in [-0.2, 0) is 0 Å². The first-order valence-corrected chi connectivity index (χ1v) is 13.4. The van der Waals surface area contributed by atoms with Crippen molar-refractivity contribution in [2.24, 2.45) is 45.8 Å². The Balaban J connectivity index is 1.59. The van der Waals surface area contributed by atoms with Gasteiger partial charge in [0.1, 0.15) is 0 Å². The molecule has 172 valence electrons. The summed E-state index contributed by atoms with van der Waals surface area (Å²) in [4.78, 5) is 0. The van der Waals surface area contributed by atoms with Crippen LogP contribution in [-0.4, -0.2) is 11.2 Å². The maximum absolute atomic E-state index is 11.3. The fourth-order valence-electron chi connectivity index (χ4n) is 9.31. The third-order valence-corrected chi connectivity index (χ3v) is 11.0. The fourth-order valence-corrected chi connectivity index (χ4v) is 9.31. The van der Waals surface area contributed by atoms with Crippen LogP contribution in [0.4, 0.5) is 0 Å². The molecule has 4 aliphatic rings. The quantitative estimate of drug-likeness (QED) is 0.450. The monoisotopic (exact) mass is 414 g/mol. The zero-order chi connectivity index (χ0) is 21.9. The number of rotatable bonds is 5. The molecule has 30 heavy (non-hydrogen) atoms. The number of aliphatic hydroxyl groups is 1. The molecule has 1 heteroatoms. The van der Waals surface area contributed by atoms with Gasteiger partial charge in [0.05, 0.1) is 6.10 Å². The highest BCUT2D eigenvalue weighted by molar-refractivity contribution is 5.36. The summed E-state index contributed by atoms with van der Waals surface area (Å²) >= 11 is 0. The van der Waals surface area contributed by atoms with E-state index < -0.39 is 0 Å². The highest BCUT2D eigenvalue weighted by Gasteiger charge is 2.59. The number of aliphatic hydroxyl groups excluding tert-OH is 1. The number of fused-ring (bicyclic) bond motifs is 4. The van der Waals surface area contributed by atoms with Crippen LogP contribution in [0.15, 0.2) is 11.1 Å². The van der Waals surface area contributed by atoms with Crippen LogP contribution in [0.25, 0.3) is 0 Å². The van der Waals surface area contributed by atoms with E-state index in [9.17, 15) is 5.11 Å². The molecule has 1 unspecified atom stereocenters. The lowest BCUT2D eigenvalue weighted by Crippen LogP contribution is -2.55. The molecule has 0 aromatic heterocycles. The average molecular weight is 415 g/mol. The molecule has 4 aliphatic carbocycles. The van der Waals surface area contributed by atoms with Gasteiger partial charge in [0.25, 0.3) is 0 Å². The Morgan fingerprint density at radius 3 is 2.33 bits per heavy atom. The molecule has 0 aromatic carbocycles. The molecule has 0 heterocycles. The van der Waals surface area contributed by atoms with E-state index >= 15 is 0 Å². The highest BCUT2D eigenvalue weighted by Crippen LogP contribution is 2.68. The molecule has 0 amide bonds. The zero-order valence-corrected chi connectivity index (χ0v) is 21.2. The van der Waals surface area contributed by atoms with E-state index in [1.54, 1.807) is 5.57 Å². The minimum Gasteiger partial charge on any atom is -0.392 e. The van der Waals surface area contributed by atoms with Gasteiger partial charge in [-0.05, 0) is 91.8 Å². The van der Waals surface area contributed by atoms with E-state index in [4.69, 9.17) is 0 Å². The zero-order valence-electron chi connectivity index (χ0n) is 21.2. The Morgan fingerprint density at radius 2 is 1.63 bits per heavy atom. The standard InChI is InChI=1S/C29H50O/c1-19(2)9-8-10-20(3)22-12-13-23-21-11-14-25-27(4,5)17-16-26(30)29(25,7)24(21)15-18-28(22,23)6/h19-20,22-23,25-26,30H,8-18H2,1-7H3/t20-,22-,23+,25+,26?,28-,29-/m1/s1. The Hall–Kier alpha value is -0.300. The molecule has 7 atom stereocenters. The van der Waals surface area contributed by atoms with Gasteiger partial charge in [-0.3, -0.25) is 0 Å². The summed E-state index contributed by atoms with van der Waals surface area (Å²) in [6.45, 7) is 17.4. The highest BCUT2D eigenvalue weighted by atomic mass is 16.3. The molecule has 0 aromatic rings. The van der Waals surface area contributed by atoms with Gasteiger partial charge in [0.15, 0.2) is 0 Å². The second kappa shape index (κ2) is 7.93. The average Bonchev–Trinajstić information content (AvgIpc) is 3.02. The SMILES string of the molecule is CC(C)CCC[C@@H](C)[C@H]1CC[C@H]2C3=C(CC[C@]12C)[C@@]1(C)C(O)CCC(C)(C)[C@@H]1CC3. The van der Waals surface area contributed by atoms with Crippen molar-refractivity contribution in [2.45, 2.75) is 125 Å². The van der Waals surface area contributed by atoms with Gasteiger partial charge in [-0.25, -0.2) is 0 Å². The first-order chi connectivity index (χ1) is 14.0. The topological polar surface area (TPSA) is 20.2 Å². The van der Waals surface area contributed by atoms with Crippen molar-refractivity contribution in [1.29, 1.82) is 0 Å². The number of allylic oxidation sites excluding steroid dienone is 1. The Labute approximate surface area is 187 Å². The first kappa shape index (κ1) is 22.9. The molecule has 0 aliphatic heterocycles. The third-order valence-electron chi connectivity index (χ3n) is 11.0. The van der Waals surface area contributed by atoms with Crippen molar-refractivity contribution >= 4 is 0 Å². The minimum absolute atomic E-state index is 0.0393. The maximum atomic E-state index is 11.3. The third kappa shape index (κ3) is 3.45. The van der Waals surface area contributed by atoms with Crippen LogP contribution >= 0.6 is 0 Å². The van der Waals surface area contributed by atoms with Crippen LogP contribution in [0.1, 0.15) is 119 Å². The Kier molecular flexibility index (Phi) is 6.05. The summed E-state index contributed by atoms with van der Waals surface area (Å²) in [5.41, 5.74) is 4.48. The van der Waals surface area contributed by atoms with Gasteiger partial charge in [0.2, 0.25) is 0 Å².